The van der Waals surface area contributed by atoms with Gasteiger partial charge in [0.05, 0.1) is 47.3 Å². The van der Waals surface area contributed by atoms with Crippen LogP contribution >= 0.6 is 35.3 Å². The van der Waals surface area contributed by atoms with Crippen LogP contribution in [0.15, 0.2) is 161 Å². The number of ether oxygens (including phenoxy) is 2. The molecule has 0 saturated carbocycles. The topological polar surface area (TPSA) is 347 Å². The molecule has 7 heterocycles. The van der Waals surface area contributed by atoms with Gasteiger partial charge in [0, 0.05) is 65.7 Å². The molecule has 0 spiro atoms. The van der Waals surface area contributed by atoms with E-state index >= 15 is 0 Å². The molecule has 0 bridgehead atoms. The lowest BCUT2D eigenvalue weighted by Gasteiger charge is -2.27. The molecule has 10 aromatic rings. The van der Waals surface area contributed by atoms with E-state index < -0.39 is 42.1 Å². The number of carbonyl (C=O) groups excluding carboxylic acids is 4. The molecule has 0 radical (unpaired) electrons. The molecule has 87 heavy (non-hydrogen) atoms. The van der Waals surface area contributed by atoms with Crippen molar-refractivity contribution in [3.63, 3.8) is 0 Å². The fraction of sp³-hybridized carbons (Fsp3) is 0.250. The Morgan fingerprint density at radius 2 is 1.08 bits per heavy atom. The van der Waals surface area contributed by atoms with Gasteiger partial charge in [0.1, 0.15) is 46.3 Å². The number of benzene rings is 4. The van der Waals surface area contributed by atoms with Crippen LogP contribution in [0.3, 0.4) is 0 Å². The predicted octanol–water partition coefficient (Wildman–Crippen LogP) is 8.67. The summed E-state index contributed by atoms with van der Waals surface area (Å²) in [6.45, 7) is 7.46. The molecule has 1 aliphatic heterocycles. The molecular weight excluding hydrogens is 1170 g/mol. The van der Waals surface area contributed by atoms with Gasteiger partial charge in [0.25, 0.3) is 11.8 Å². The average Bonchev–Trinajstić information content (AvgIpc) is 4.51. The average molecular weight is 1230 g/mol. The zero-order valence-corrected chi connectivity index (χ0v) is 49.7. The van der Waals surface area contributed by atoms with Crippen molar-refractivity contribution in [3.05, 3.63) is 174 Å². The van der Waals surface area contributed by atoms with E-state index in [-0.39, 0.29) is 36.1 Å². The van der Waals surface area contributed by atoms with Gasteiger partial charge < -0.3 is 40.7 Å². The molecule has 2 aliphatic rings. The Labute approximate surface area is 510 Å². The van der Waals surface area contributed by atoms with Gasteiger partial charge in [-0.25, -0.2) is 34.7 Å². The number of cyclic esters (lactones) is 1. The van der Waals surface area contributed by atoms with Crippen molar-refractivity contribution in [2.24, 2.45) is 0 Å². The van der Waals surface area contributed by atoms with Crippen LogP contribution < -0.4 is 16.0 Å². The van der Waals surface area contributed by atoms with Crippen LogP contribution in [-0.4, -0.2) is 130 Å². The van der Waals surface area contributed by atoms with Crippen molar-refractivity contribution in [2.75, 3.05) is 16.0 Å². The number of aromatic nitrogens is 12. The molecular formula is C60H59N15O9S3. The third-order valence-corrected chi connectivity index (χ3v) is 16.6. The number of carbonyl (C=O) groups is 4. The van der Waals surface area contributed by atoms with Gasteiger partial charge in [-0.15, -0.1) is 35.3 Å². The second kappa shape index (κ2) is 28.0. The van der Waals surface area contributed by atoms with Crippen LogP contribution in [-0.2, 0) is 41.1 Å². The Morgan fingerprint density at radius 3 is 1.53 bits per heavy atom. The van der Waals surface area contributed by atoms with E-state index in [9.17, 15) is 34.5 Å². The van der Waals surface area contributed by atoms with Crippen LogP contribution in [0.2, 0.25) is 0 Å². The number of nitrogens with zero attached hydrogens (tertiary/aromatic N) is 9. The van der Waals surface area contributed by atoms with Crippen LogP contribution in [0, 0.1) is 0 Å². The number of aliphatic hydroxyl groups excluding tert-OH is 3. The number of hydrogen-bond donors (Lipinski definition) is 9. The van der Waals surface area contributed by atoms with Gasteiger partial charge in [-0.1, -0.05) is 68.4 Å². The summed E-state index contributed by atoms with van der Waals surface area (Å²) in [7, 11) is 0. The molecule has 3 amide bonds. The second-order valence-electron chi connectivity index (χ2n) is 20.7. The molecule has 1 fully saturated rings. The summed E-state index contributed by atoms with van der Waals surface area (Å²) in [6, 6.07) is 30.5. The third kappa shape index (κ3) is 15.9. The van der Waals surface area contributed by atoms with E-state index in [2.05, 4.69) is 90.3 Å². The maximum absolute atomic E-state index is 12.8. The lowest BCUT2D eigenvalue weighted by Crippen LogP contribution is -2.41. The SMILES string of the molecule is CC(C)c1ccccc1C(=O)Nc1cccc(CSc2ncnc3[nH]ncc23)c1.CC1(C)OC(=O)[C@H](CC(=O)Nc2cccc(CSc3ncnc4[nH]ncc34)c2)O1.O=C(Nc1cccc(CSc2ncnc3[nH]ncc23)c1)C1=C[C@@H](O)[C@@H](O)[C@H](O)C1. The number of thioether (sulfide) groups is 3. The summed E-state index contributed by atoms with van der Waals surface area (Å²) in [5, 5.41) is 63.3. The Kier molecular flexibility index (Phi) is 19.7. The van der Waals surface area contributed by atoms with Gasteiger partial charge in [0.2, 0.25) is 11.7 Å². The van der Waals surface area contributed by atoms with Crippen molar-refractivity contribution in [1.82, 2.24) is 60.5 Å². The molecule has 9 N–H and O–H groups in total. The standard InChI is InChI=1S/C22H21N5OS.2C19H19N5O4S/c1-14(2)17-8-3-4-9-18(17)21(28)26-16-7-5-6-15(10-16)12-29-22-19-11-25-27-20(19)23-13-24-22;1-19(2)27-14(18(26)28-19)7-15(25)23-12-5-3-4-11(6-12)9-29-17-13-8-22-24-16(13)20-10-21-17;25-14-5-11(6-15(26)16(14)27)18(28)23-12-3-1-2-10(4-12)8-29-19-13-7-22-24-17(13)20-9-21-19/h3-11,13-14H,12H2,1-2H3,(H,26,28)(H,23,24,25,27);3-6,8,10,14H,7,9H2,1-2H3,(H,23,25)(H,20,21,22,24);1-5,7,9,14-16,25-27H,6,8H2,(H,23,28)(H,20,21,22,24)/t;14-;14-,15-,16-/m.01/s1. The number of rotatable bonds is 17. The Bertz CT molecular complexity index is 4120. The summed E-state index contributed by atoms with van der Waals surface area (Å²) in [6.07, 6.45) is 6.18. The largest absolute Gasteiger partial charge is 0.432 e. The number of esters is 1. The smallest absolute Gasteiger partial charge is 0.338 e. The predicted molar refractivity (Wildman–Crippen MR) is 329 cm³/mol. The van der Waals surface area contributed by atoms with Crippen molar-refractivity contribution in [2.45, 2.75) is 109 Å². The monoisotopic (exact) mass is 1230 g/mol. The lowest BCUT2D eigenvalue weighted by molar-refractivity contribution is -0.160. The van der Waals surface area contributed by atoms with Crippen molar-refractivity contribution in [1.29, 1.82) is 0 Å². The lowest BCUT2D eigenvalue weighted by atomic mass is 9.92. The highest BCUT2D eigenvalue weighted by Crippen LogP contribution is 2.32. The highest BCUT2D eigenvalue weighted by atomic mass is 32.2. The van der Waals surface area contributed by atoms with Crippen molar-refractivity contribution in [3.8, 4) is 0 Å². The highest BCUT2D eigenvalue weighted by Gasteiger charge is 2.42. The van der Waals surface area contributed by atoms with Crippen LogP contribution in [0.25, 0.3) is 33.1 Å². The van der Waals surface area contributed by atoms with Gasteiger partial charge in [-0.05, 0) is 76.7 Å². The first kappa shape index (κ1) is 61.1. The number of hydrogen-bond acceptors (Lipinski definition) is 21. The minimum Gasteiger partial charge on any atom is -0.432 e. The minimum absolute atomic E-state index is 0.0198. The van der Waals surface area contributed by atoms with Gasteiger partial charge >= 0.3 is 5.97 Å². The van der Waals surface area contributed by atoms with E-state index in [0.717, 1.165) is 70.6 Å². The zero-order chi connectivity index (χ0) is 61.0. The van der Waals surface area contributed by atoms with Gasteiger partial charge in [0.15, 0.2) is 23.0 Å². The van der Waals surface area contributed by atoms with E-state index in [1.54, 1.807) is 68.1 Å². The Balaban J connectivity index is 0.000000144. The summed E-state index contributed by atoms with van der Waals surface area (Å²) in [4.78, 5) is 74.7. The molecule has 12 rings (SSSR count). The summed E-state index contributed by atoms with van der Waals surface area (Å²) in [5.74, 6) is -0.0424. The number of aromatic amines is 3. The van der Waals surface area contributed by atoms with E-state index in [1.807, 2.05) is 84.9 Å². The molecule has 0 unspecified atom stereocenters. The first-order valence-corrected chi connectivity index (χ1v) is 30.2. The number of anilines is 3. The van der Waals surface area contributed by atoms with Crippen molar-refractivity contribution >= 4 is 109 Å². The summed E-state index contributed by atoms with van der Waals surface area (Å²) >= 11 is 4.71. The summed E-state index contributed by atoms with van der Waals surface area (Å²) < 4.78 is 10.5. The third-order valence-electron chi connectivity index (χ3n) is 13.4. The van der Waals surface area contributed by atoms with E-state index in [0.29, 0.717) is 39.7 Å². The van der Waals surface area contributed by atoms with E-state index in [1.165, 1.54) is 36.8 Å². The summed E-state index contributed by atoms with van der Waals surface area (Å²) in [5.41, 5.74) is 9.22. The molecule has 4 aromatic carbocycles. The number of aliphatic hydroxyl groups is 3. The molecule has 24 nitrogen and oxygen atoms in total. The van der Waals surface area contributed by atoms with Gasteiger partial charge in [-0.2, -0.15) is 15.3 Å². The number of fused-ring (bicyclic) bond motifs is 3. The fourth-order valence-electron chi connectivity index (χ4n) is 9.21. The normalized spacial score (nSPS) is 17.0. The Morgan fingerprint density at radius 1 is 0.621 bits per heavy atom. The quantitative estimate of drug-likeness (QED) is 0.0234. The van der Waals surface area contributed by atoms with Crippen LogP contribution in [0.1, 0.15) is 79.1 Å². The van der Waals surface area contributed by atoms with Crippen molar-refractivity contribution < 1.29 is 44.0 Å². The first-order chi connectivity index (χ1) is 42.0. The molecule has 6 aromatic heterocycles. The molecule has 1 saturated heterocycles. The number of nitrogens with one attached hydrogen (secondary N) is 6. The minimum atomic E-state index is -1.28. The maximum Gasteiger partial charge on any atom is 0.338 e. The highest BCUT2D eigenvalue weighted by molar-refractivity contribution is 7.99. The molecule has 446 valence electrons. The van der Waals surface area contributed by atoms with E-state index in [4.69, 9.17) is 9.47 Å². The first-order valence-electron chi connectivity index (χ1n) is 27.3. The van der Waals surface area contributed by atoms with Gasteiger partial charge in [-0.3, -0.25) is 29.7 Å². The molecule has 27 heteroatoms. The zero-order valence-electron chi connectivity index (χ0n) is 47.2. The molecule has 1 aliphatic carbocycles. The fourth-order valence-corrected chi connectivity index (χ4v) is 11.9. The Hall–Kier alpha value is -8.96. The number of amides is 3. The second-order valence-corrected chi connectivity index (χ2v) is 23.6. The van der Waals surface area contributed by atoms with Crippen LogP contribution in [0.4, 0.5) is 17.1 Å². The van der Waals surface area contributed by atoms with Crippen LogP contribution in [0.5, 0.6) is 0 Å². The molecule has 4 atom stereocenters. The maximum atomic E-state index is 12.8. The number of H-pyrrole nitrogens is 3.